The number of carbonyl (C=O) groups is 2. The van der Waals surface area contributed by atoms with Gasteiger partial charge in [0.1, 0.15) is 5.60 Å². The lowest BCUT2D eigenvalue weighted by atomic mass is 9.96. The van der Waals surface area contributed by atoms with Crippen LogP contribution in [-0.2, 0) is 34.3 Å². The number of esters is 1. The number of ether oxygens (including phenoxy) is 1. The Morgan fingerprint density at radius 1 is 1.31 bits per heavy atom. The smallest absolute Gasteiger partial charge is 0.475 e. The first-order chi connectivity index (χ1) is 16.2. The molecule has 2 N–H and O–H groups in total. The van der Waals surface area contributed by atoms with E-state index >= 15 is 0 Å². The normalized spacial score (nSPS) is 15.4. The van der Waals surface area contributed by atoms with Crippen molar-refractivity contribution < 1.29 is 32.6 Å². The molecule has 9 nitrogen and oxygen atoms in total. The van der Waals surface area contributed by atoms with Crippen molar-refractivity contribution in [1.29, 1.82) is 5.26 Å². The largest absolute Gasteiger partial charge is 0.490 e. The minimum absolute atomic E-state index is 0.0854. The highest BCUT2D eigenvalue weighted by Crippen LogP contribution is 2.29. The van der Waals surface area contributed by atoms with Gasteiger partial charge in [-0.1, -0.05) is 0 Å². The number of carboxylic acid groups (broad SMARTS) is 1. The van der Waals surface area contributed by atoms with E-state index in [1.165, 1.54) is 0 Å². The van der Waals surface area contributed by atoms with Crippen LogP contribution >= 0.6 is 0 Å². The van der Waals surface area contributed by atoms with Crippen molar-refractivity contribution in [3.63, 3.8) is 0 Å². The molecule has 0 bridgehead atoms. The number of nitrogens with zero attached hydrogens (tertiary/aromatic N) is 4. The van der Waals surface area contributed by atoms with Crippen LogP contribution in [0, 0.1) is 11.3 Å². The topological polar surface area (TPSA) is 120 Å². The maximum absolute atomic E-state index is 12.1. The van der Waals surface area contributed by atoms with E-state index in [1.54, 1.807) is 6.33 Å². The molecule has 3 rings (SSSR count). The van der Waals surface area contributed by atoms with Gasteiger partial charge in [0, 0.05) is 31.5 Å². The molecule has 0 radical (unpaired) electrons. The predicted molar refractivity (Wildman–Crippen MR) is 120 cm³/mol. The third-order valence-electron chi connectivity index (χ3n) is 4.92. The van der Waals surface area contributed by atoms with Crippen LogP contribution in [0.15, 0.2) is 30.7 Å². The molecule has 1 aliphatic heterocycles. The number of benzene rings is 1. The van der Waals surface area contributed by atoms with Crippen molar-refractivity contribution in [2.45, 2.75) is 51.6 Å². The molecule has 0 fully saturated rings. The molecule has 0 saturated heterocycles. The zero-order chi connectivity index (χ0) is 26.4. The van der Waals surface area contributed by atoms with E-state index in [2.05, 4.69) is 21.3 Å². The van der Waals surface area contributed by atoms with Gasteiger partial charge in [0.05, 0.1) is 36.7 Å². The third-order valence-corrected chi connectivity index (χ3v) is 4.92. The number of rotatable bonds is 5. The summed E-state index contributed by atoms with van der Waals surface area (Å²) in [7, 11) is 1.98. The summed E-state index contributed by atoms with van der Waals surface area (Å²) in [6, 6.07) is 8.09. The molecule has 1 aromatic carbocycles. The molecule has 190 valence electrons. The number of imidazole rings is 1. The maximum atomic E-state index is 12.1. The molecule has 1 aliphatic rings. The Morgan fingerprint density at radius 2 is 1.97 bits per heavy atom. The van der Waals surface area contributed by atoms with Gasteiger partial charge < -0.3 is 24.6 Å². The van der Waals surface area contributed by atoms with Crippen molar-refractivity contribution in [2.24, 2.45) is 7.05 Å². The van der Waals surface area contributed by atoms with Gasteiger partial charge in [-0.3, -0.25) is 4.79 Å². The highest BCUT2D eigenvalue weighted by atomic mass is 19.4. The van der Waals surface area contributed by atoms with Crippen LogP contribution in [-0.4, -0.2) is 57.5 Å². The van der Waals surface area contributed by atoms with E-state index in [1.807, 2.05) is 56.8 Å². The first-order valence-corrected chi connectivity index (χ1v) is 10.7. The van der Waals surface area contributed by atoms with Gasteiger partial charge >= 0.3 is 18.1 Å². The maximum Gasteiger partial charge on any atom is 0.490 e. The number of carbonyl (C=O) groups excluding carboxylic acids is 1. The number of nitriles is 1. The summed E-state index contributed by atoms with van der Waals surface area (Å²) in [6.07, 6.45) is -0.673. The highest BCUT2D eigenvalue weighted by Gasteiger charge is 2.38. The summed E-state index contributed by atoms with van der Waals surface area (Å²) in [6.45, 7) is 7.21. The average molecular weight is 496 g/mol. The standard InChI is InChI=1S/C21H27N5O2.C2HF3O2/c1-21(2,3)28-20(27)11-24-17-8-16-7-15(9-22)5-6-19(16)26(12-17)13-18-10-23-14-25(18)4;3-2(4,5)1(6)7/h5-7,10,14,17,24H,8,11-13H2,1-4H3;(H,6,7). The van der Waals surface area contributed by atoms with Crippen molar-refractivity contribution in [2.75, 3.05) is 18.0 Å². The van der Waals surface area contributed by atoms with Crippen LogP contribution < -0.4 is 10.2 Å². The average Bonchev–Trinajstić information content (AvgIpc) is 3.14. The molecule has 35 heavy (non-hydrogen) atoms. The fourth-order valence-electron chi connectivity index (χ4n) is 3.45. The lowest BCUT2D eigenvalue weighted by Crippen LogP contribution is -2.48. The predicted octanol–water partition coefficient (Wildman–Crippen LogP) is 2.79. The number of aliphatic carboxylic acids is 1. The Bertz CT molecular complexity index is 1090. The Morgan fingerprint density at radius 3 is 2.49 bits per heavy atom. The molecule has 0 aliphatic carbocycles. The molecule has 0 spiro atoms. The Kier molecular flexibility index (Phi) is 8.87. The van der Waals surface area contributed by atoms with Gasteiger partial charge in [0.15, 0.2) is 0 Å². The second-order valence-corrected chi connectivity index (χ2v) is 9.00. The number of nitrogens with one attached hydrogen (secondary N) is 1. The third kappa shape index (κ3) is 8.60. The van der Waals surface area contributed by atoms with E-state index in [9.17, 15) is 23.2 Å². The number of hydrogen-bond acceptors (Lipinski definition) is 7. The van der Waals surface area contributed by atoms with E-state index in [-0.39, 0.29) is 18.6 Å². The van der Waals surface area contributed by atoms with Crippen molar-refractivity contribution in [1.82, 2.24) is 14.9 Å². The summed E-state index contributed by atoms with van der Waals surface area (Å²) >= 11 is 0. The number of hydrogen-bond donors (Lipinski definition) is 2. The minimum atomic E-state index is -5.08. The fourth-order valence-corrected chi connectivity index (χ4v) is 3.45. The summed E-state index contributed by atoms with van der Waals surface area (Å²) in [5.74, 6) is -3.02. The monoisotopic (exact) mass is 495 g/mol. The molecular formula is C23H28F3N5O4. The molecule has 1 unspecified atom stereocenters. The number of anilines is 1. The zero-order valence-corrected chi connectivity index (χ0v) is 19.9. The number of carboxylic acids is 1. The van der Waals surface area contributed by atoms with Crippen molar-refractivity contribution in [3.05, 3.63) is 47.5 Å². The molecule has 12 heteroatoms. The van der Waals surface area contributed by atoms with Crippen molar-refractivity contribution in [3.8, 4) is 6.07 Å². The van der Waals surface area contributed by atoms with Crippen LogP contribution in [0.5, 0.6) is 0 Å². The number of fused-ring (bicyclic) bond motifs is 1. The molecule has 2 heterocycles. The lowest BCUT2D eigenvalue weighted by Gasteiger charge is -2.36. The highest BCUT2D eigenvalue weighted by molar-refractivity contribution is 5.73. The van der Waals surface area contributed by atoms with Crippen LogP contribution in [0.1, 0.15) is 37.6 Å². The van der Waals surface area contributed by atoms with Gasteiger partial charge in [0.2, 0.25) is 0 Å². The van der Waals surface area contributed by atoms with Gasteiger partial charge in [-0.2, -0.15) is 18.4 Å². The zero-order valence-electron chi connectivity index (χ0n) is 19.9. The first-order valence-electron chi connectivity index (χ1n) is 10.7. The fraction of sp³-hybridized carbons (Fsp3) is 0.478. The molecule has 1 atom stereocenters. The van der Waals surface area contributed by atoms with Crippen LogP contribution in [0.2, 0.25) is 0 Å². The van der Waals surface area contributed by atoms with Gasteiger partial charge in [-0.25, -0.2) is 9.78 Å². The van der Waals surface area contributed by atoms with Crippen LogP contribution in [0.4, 0.5) is 18.9 Å². The molecule has 0 amide bonds. The van der Waals surface area contributed by atoms with Gasteiger partial charge in [-0.05, 0) is 51.0 Å². The minimum Gasteiger partial charge on any atom is -0.475 e. The molecule has 2 aromatic rings. The van der Waals surface area contributed by atoms with E-state index < -0.39 is 17.7 Å². The molecule has 1 aromatic heterocycles. The molecular weight excluding hydrogens is 467 g/mol. The van der Waals surface area contributed by atoms with Gasteiger partial charge in [0.25, 0.3) is 0 Å². The van der Waals surface area contributed by atoms with E-state index in [0.29, 0.717) is 12.1 Å². The van der Waals surface area contributed by atoms with E-state index in [0.717, 1.165) is 29.9 Å². The van der Waals surface area contributed by atoms with E-state index in [4.69, 9.17) is 14.6 Å². The first kappa shape index (κ1) is 27.7. The summed E-state index contributed by atoms with van der Waals surface area (Å²) in [4.78, 5) is 27.4. The summed E-state index contributed by atoms with van der Waals surface area (Å²) in [5, 5.41) is 19.7. The quantitative estimate of drug-likeness (QED) is 0.608. The second kappa shape index (κ2) is 11.2. The van der Waals surface area contributed by atoms with Crippen molar-refractivity contribution >= 4 is 17.6 Å². The summed E-state index contributed by atoms with van der Waals surface area (Å²) < 4.78 is 39.1. The number of alkyl halides is 3. The van der Waals surface area contributed by atoms with Gasteiger partial charge in [-0.15, -0.1) is 0 Å². The Balaban J connectivity index is 0.000000540. The number of aryl methyl sites for hydroxylation is 1. The number of aromatic nitrogens is 2. The number of halogens is 3. The van der Waals surface area contributed by atoms with Crippen LogP contribution in [0.25, 0.3) is 0 Å². The van der Waals surface area contributed by atoms with Crippen LogP contribution in [0.3, 0.4) is 0 Å². The Hall–Kier alpha value is -3.59. The SMILES string of the molecule is Cn1cncc1CN1CC(NCC(=O)OC(C)(C)C)Cc2cc(C#N)ccc21.O=C(O)C(F)(F)F. The molecule has 0 saturated carbocycles. The second-order valence-electron chi connectivity index (χ2n) is 9.00. The lowest BCUT2D eigenvalue weighted by molar-refractivity contribution is -0.192. The summed E-state index contributed by atoms with van der Waals surface area (Å²) in [5.41, 5.74) is 3.48. The Labute approximate surface area is 201 Å².